The van der Waals surface area contributed by atoms with Gasteiger partial charge in [-0.2, -0.15) is 0 Å². The van der Waals surface area contributed by atoms with Gasteiger partial charge in [0.2, 0.25) is 0 Å². The summed E-state index contributed by atoms with van der Waals surface area (Å²) < 4.78 is 29.9. The molecule has 3 aromatic carbocycles. The Bertz CT molecular complexity index is 1050. The second-order valence-electron chi connectivity index (χ2n) is 5.38. The first-order valence-electron chi connectivity index (χ1n) is 7.62. The third-order valence-electron chi connectivity index (χ3n) is 3.55. The summed E-state index contributed by atoms with van der Waals surface area (Å²) in [7, 11) is -3.90. The Labute approximate surface area is 155 Å². The third-order valence-corrected chi connectivity index (χ3v) is 5.11. The highest BCUT2D eigenvalue weighted by Gasteiger charge is 2.16. The molecule has 0 atom stereocenters. The first-order chi connectivity index (χ1) is 12.5. The second kappa shape index (κ2) is 7.74. The van der Waals surface area contributed by atoms with Gasteiger partial charge in [0, 0.05) is 0 Å². The molecule has 0 aliphatic carbocycles. The van der Waals surface area contributed by atoms with Crippen molar-refractivity contribution in [1.29, 1.82) is 0 Å². The van der Waals surface area contributed by atoms with Crippen LogP contribution < -0.4 is 15.0 Å². The van der Waals surface area contributed by atoms with Crippen molar-refractivity contribution < 1.29 is 17.9 Å². The van der Waals surface area contributed by atoms with E-state index in [0.29, 0.717) is 10.8 Å². The maximum atomic E-state index is 12.3. The number of hydrogen-bond acceptors (Lipinski definition) is 4. The number of sulfonamides is 1. The molecule has 0 aliphatic rings. The summed E-state index contributed by atoms with van der Waals surface area (Å²) in [5, 5.41) is 2.06. The number of hydrogen-bond donors (Lipinski definition) is 2. The molecule has 3 aromatic rings. The first kappa shape index (κ1) is 18.2. The minimum Gasteiger partial charge on any atom is -0.482 e. The molecule has 0 saturated carbocycles. The molecule has 0 aliphatic heterocycles. The third kappa shape index (κ3) is 4.32. The smallest absolute Gasteiger partial charge is 0.272 e. The number of amides is 1. The van der Waals surface area contributed by atoms with Crippen molar-refractivity contribution in [2.24, 2.45) is 0 Å². The molecule has 0 heterocycles. The van der Waals surface area contributed by atoms with E-state index in [1.807, 2.05) is 24.3 Å². The van der Waals surface area contributed by atoms with Crippen molar-refractivity contribution >= 4 is 38.3 Å². The molecule has 0 bridgehead atoms. The van der Waals surface area contributed by atoms with Crippen LogP contribution >= 0.6 is 11.6 Å². The van der Waals surface area contributed by atoms with Crippen LogP contribution in [0.2, 0.25) is 5.02 Å². The second-order valence-corrected chi connectivity index (χ2v) is 7.47. The van der Waals surface area contributed by atoms with Gasteiger partial charge < -0.3 is 4.74 Å². The Kier molecular flexibility index (Phi) is 5.41. The zero-order chi connectivity index (χ0) is 18.6. The van der Waals surface area contributed by atoms with Gasteiger partial charge >= 0.3 is 0 Å². The lowest BCUT2D eigenvalue weighted by Crippen LogP contribution is -2.43. The van der Waals surface area contributed by atoms with Crippen LogP contribution in [0.4, 0.5) is 0 Å². The number of fused-ring (bicyclic) bond motifs is 1. The molecule has 0 radical (unpaired) electrons. The molecule has 0 fully saturated rings. The van der Waals surface area contributed by atoms with E-state index in [-0.39, 0.29) is 11.5 Å². The summed E-state index contributed by atoms with van der Waals surface area (Å²) in [6.45, 7) is -0.385. The van der Waals surface area contributed by atoms with Crippen LogP contribution in [-0.2, 0) is 14.8 Å². The number of nitrogens with one attached hydrogen (secondary N) is 2. The number of ether oxygens (including phenoxy) is 1. The number of hydrazine groups is 1. The number of carbonyl (C=O) groups is 1. The molecule has 0 unspecified atom stereocenters. The van der Waals surface area contributed by atoms with Crippen LogP contribution in [0.1, 0.15) is 0 Å². The highest BCUT2D eigenvalue weighted by Crippen LogP contribution is 2.22. The average Bonchev–Trinajstić information content (AvgIpc) is 2.65. The van der Waals surface area contributed by atoms with Crippen molar-refractivity contribution in [3.63, 3.8) is 0 Å². The summed E-state index contributed by atoms with van der Waals surface area (Å²) in [5.41, 5.74) is 2.11. The van der Waals surface area contributed by atoms with Crippen LogP contribution in [0, 0.1) is 0 Å². The van der Waals surface area contributed by atoms with E-state index < -0.39 is 15.9 Å². The SMILES string of the molecule is O=C(COc1ccccc1Cl)NNS(=O)(=O)c1ccc2ccccc2c1. The Morgan fingerprint density at radius 3 is 2.42 bits per heavy atom. The van der Waals surface area contributed by atoms with Gasteiger partial charge in [0.05, 0.1) is 9.92 Å². The van der Waals surface area contributed by atoms with Gasteiger partial charge in [0.1, 0.15) is 5.75 Å². The maximum absolute atomic E-state index is 12.3. The molecule has 26 heavy (non-hydrogen) atoms. The molecule has 0 saturated heterocycles. The minimum atomic E-state index is -3.90. The van der Waals surface area contributed by atoms with Gasteiger partial charge in [-0.3, -0.25) is 10.2 Å². The molecule has 0 aromatic heterocycles. The fourth-order valence-electron chi connectivity index (χ4n) is 2.26. The predicted molar refractivity (Wildman–Crippen MR) is 99.4 cm³/mol. The Morgan fingerprint density at radius 1 is 0.962 bits per heavy atom. The number of benzene rings is 3. The van der Waals surface area contributed by atoms with Crippen molar-refractivity contribution in [1.82, 2.24) is 10.3 Å². The fraction of sp³-hybridized carbons (Fsp3) is 0.0556. The van der Waals surface area contributed by atoms with Gasteiger partial charge in [-0.05, 0) is 35.0 Å². The molecule has 1 amide bonds. The van der Waals surface area contributed by atoms with E-state index in [1.165, 1.54) is 12.1 Å². The lowest BCUT2D eigenvalue weighted by Gasteiger charge is -2.10. The topological polar surface area (TPSA) is 84.5 Å². The van der Waals surface area contributed by atoms with Crippen LogP contribution in [0.15, 0.2) is 71.6 Å². The van der Waals surface area contributed by atoms with E-state index in [9.17, 15) is 13.2 Å². The zero-order valence-electron chi connectivity index (χ0n) is 13.5. The van der Waals surface area contributed by atoms with Gasteiger partial charge in [-0.15, -0.1) is 4.83 Å². The summed E-state index contributed by atoms with van der Waals surface area (Å²) in [6.07, 6.45) is 0. The van der Waals surface area contributed by atoms with E-state index in [4.69, 9.17) is 16.3 Å². The Morgan fingerprint density at radius 2 is 1.65 bits per heavy atom. The molecule has 134 valence electrons. The number of carbonyl (C=O) groups excluding carboxylic acids is 1. The van der Waals surface area contributed by atoms with Gasteiger partial charge in [-0.25, -0.2) is 8.42 Å². The van der Waals surface area contributed by atoms with Gasteiger partial charge in [-0.1, -0.05) is 54.1 Å². The van der Waals surface area contributed by atoms with E-state index in [0.717, 1.165) is 10.8 Å². The highest BCUT2D eigenvalue weighted by atomic mass is 35.5. The molecular formula is C18H15ClN2O4S. The van der Waals surface area contributed by atoms with E-state index in [2.05, 4.69) is 10.3 Å². The normalized spacial score (nSPS) is 11.3. The minimum absolute atomic E-state index is 0.0449. The fourth-order valence-corrected chi connectivity index (χ4v) is 3.34. The molecule has 6 nitrogen and oxygen atoms in total. The standard InChI is InChI=1S/C18H15ClN2O4S/c19-16-7-3-4-8-17(16)25-12-18(22)20-21-26(23,24)15-10-9-13-5-1-2-6-14(13)11-15/h1-11,21H,12H2,(H,20,22). The molecule has 0 spiro atoms. The zero-order valence-corrected chi connectivity index (χ0v) is 15.0. The number of halogens is 1. The van der Waals surface area contributed by atoms with Crippen molar-refractivity contribution in [3.8, 4) is 5.75 Å². The van der Waals surface area contributed by atoms with Crippen molar-refractivity contribution in [2.75, 3.05) is 6.61 Å². The Balaban J connectivity index is 1.62. The van der Waals surface area contributed by atoms with Crippen molar-refractivity contribution in [3.05, 3.63) is 71.8 Å². The summed E-state index contributed by atoms with van der Waals surface area (Å²) in [6, 6.07) is 18.7. The summed E-state index contributed by atoms with van der Waals surface area (Å²) >= 11 is 5.92. The first-order valence-corrected chi connectivity index (χ1v) is 9.48. The maximum Gasteiger partial charge on any atom is 0.272 e. The molecular weight excluding hydrogens is 376 g/mol. The van der Waals surface area contributed by atoms with Gasteiger partial charge in [0.25, 0.3) is 15.9 Å². The molecule has 2 N–H and O–H groups in total. The number of rotatable bonds is 6. The van der Waals surface area contributed by atoms with E-state index in [1.54, 1.807) is 30.3 Å². The highest BCUT2D eigenvalue weighted by molar-refractivity contribution is 7.89. The molecule has 8 heteroatoms. The van der Waals surface area contributed by atoms with Crippen LogP contribution in [0.5, 0.6) is 5.75 Å². The Hall–Kier alpha value is -2.61. The van der Waals surface area contributed by atoms with Gasteiger partial charge in [0.15, 0.2) is 6.61 Å². The lowest BCUT2D eigenvalue weighted by atomic mass is 10.1. The largest absolute Gasteiger partial charge is 0.482 e. The summed E-state index contributed by atoms with van der Waals surface area (Å²) in [4.78, 5) is 13.9. The summed E-state index contributed by atoms with van der Waals surface area (Å²) in [5.74, 6) is -0.323. The quantitative estimate of drug-likeness (QED) is 0.634. The average molecular weight is 391 g/mol. The van der Waals surface area contributed by atoms with Crippen LogP contribution in [0.25, 0.3) is 10.8 Å². The van der Waals surface area contributed by atoms with Crippen molar-refractivity contribution in [2.45, 2.75) is 4.90 Å². The molecule has 3 rings (SSSR count). The van der Waals surface area contributed by atoms with E-state index >= 15 is 0 Å². The lowest BCUT2D eigenvalue weighted by molar-refractivity contribution is -0.123. The van der Waals surface area contributed by atoms with Crippen LogP contribution in [-0.4, -0.2) is 20.9 Å². The monoisotopic (exact) mass is 390 g/mol. The number of para-hydroxylation sites is 1. The predicted octanol–water partition coefficient (Wildman–Crippen LogP) is 2.88. The van der Waals surface area contributed by atoms with Crippen LogP contribution in [0.3, 0.4) is 0 Å².